The number of hydrogen-bond acceptors (Lipinski definition) is 4. The van der Waals surface area contributed by atoms with Crippen molar-refractivity contribution in [2.45, 2.75) is 13.8 Å². The molecule has 2 N–H and O–H groups in total. The van der Waals surface area contributed by atoms with Gasteiger partial charge in [-0.05, 0) is 44.2 Å². The van der Waals surface area contributed by atoms with Crippen molar-refractivity contribution in [2.75, 3.05) is 0 Å². The highest BCUT2D eigenvalue weighted by Gasteiger charge is 2.22. The minimum atomic E-state index is -0.604. The van der Waals surface area contributed by atoms with Gasteiger partial charge in [-0.15, -0.1) is 0 Å². The molecule has 3 aromatic heterocycles. The van der Waals surface area contributed by atoms with Crippen molar-refractivity contribution >= 4 is 11.8 Å². The highest BCUT2D eigenvalue weighted by molar-refractivity contribution is 6.01. The van der Waals surface area contributed by atoms with Gasteiger partial charge in [0, 0.05) is 12.4 Å². The number of aryl methyl sites for hydroxylation is 2. The van der Waals surface area contributed by atoms with Crippen LogP contribution in [-0.4, -0.2) is 26.2 Å². The topological polar surface area (TPSA) is 94.1 Å². The highest BCUT2D eigenvalue weighted by Crippen LogP contribution is 2.21. The highest BCUT2D eigenvalue weighted by atomic mass is 19.1. The lowest BCUT2D eigenvalue weighted by atomic mass is 10.2. The lowest BCUT2D eigenvalue weighted by molar-refractivity contribution is 0.0845. The van der Waals surface area contributed by atoms with Gasteiger partial charge in [0.1, 0.15) is 28.6 Å². The standard InChI is InChI=1S/C21H18FN5O3/c1-13-11-15(14(2)30-13)19(28)24-25-20(29)16-12-23-27(18-8-4-3-7-17(18)22)21(16)26-9-5-6-10-26/h3-12H,1-2H3,(H,24,28)(H,25,29). The molecule has 152 valence electrons. The fourth-order valence-corrected chi connectivity index (χ4v) is 3.13. The molecule has 3 heterocycles. The molecule has 0 unspecified atom stereocenters. The zero-order valence-electron chi connectivity index (χ0n) is 16.2. The van der Waals surface area contributed by atoms with Crippen LogP contribution < -0.4 is 10.9 Å². The van der Waals surface area contributed by atoms with Crippen molar-refractivity contribution in [3.8, 4) is 11.5 Å². The van der Waals surface area contributed by atoms with Crippen molar-refractivity contribution in [1.82, 2.24) is 25.2 Å². The molecule has 9 heteroatoms. The van der Waals surface area contributed by atoms with E-state index in [-0.39, 0.29) is 11.3 Å². The van der Waals surface area contributed by atoms with Crippen LogP contribution in [0.25, 0.3) is 11.5 Å². The number of furan rings is 1. The van der Waals surface area contributed by atoms with E-state index in [0.29, 0.717) is 22.9 Å². The molecular weight excluding hydrogens is 389 g/mol. The van der Waals surface area contributed by atoms with Crippen LogP contribution in [-0.2, 0) is 0 Å². The van der Waals surface area contributed by atoms with Crippen LogP contribution in [0.15, 0.2) is 65.5 Å². The molecule has 4 aromatic rings. The van der Waals surface area contributed by atoms with Crippen LogP contribution in [0.5, 0.6) is 0 Å². The van der Waals surface area contributed by atoms with Gasteiger partial charge in [0.2, 0.25) is 0 Å². The Labute approximate surface area is 170 Å². The second-order valence-corrected chi connectivity index (χ2v) is 6.57. The zero-order chi connectivity index (χ0) is 21.3. The predicted octanol–water partition coefficient (Wildman–Crippen LogP) is 3.09. The Kier molecular flexibility index (Phi) is 4.93. The number of aromatic nitrogens is 3. The monoisotopic (exact) mass is 407 g/mol. The third kappa shape index (κ3) is 3.48. The minimum Gasteiger partial charge on any atom is -0.466 e. The molecule has 8 nitrogen and oxygen atoms in total. The summed E-state index contributed by atoms with van der Waals surface area (Å²) in [5, 5.41) is 4.19. The Bertz CT molecular complexity index is 1220. The number of carbonyl (C=O) groups excluding carboxylic acids is 2. The number of benzene rings is 1. The lowest BCUT2D eigenvalue weighted by Gasteiger charge is -2.12. The molecule has 0 aliphatic carbocycles. The van der Waals surface area contributed by atoms with Gasteiger partial charge >= 0.3 is 0 Å². The molecule has 0 atom stereocenters. The van der Waals surface area contributed by atoms with Crippen LogP contribution in [0.4, 0.5) is 4.39 Å². The van der Waals surface area contributed by atoms with E-state index >= 15 is 0 Å². The van der Waals surface area contributed by atoms with Crippen LogP contribution >= 0.6 is 0 Å². The summed E-state index contributed by atoms with van der Waals surface area (Å²) < 4.78 is 22.7. The fourth-order valence-electron chi connectivity index (χ4n) is 3.13. The van der Waals surface area contributed by atoms with E-state index < -0.39 is 17.6 Å². The summed E-state index contributed by atoms with van der Waals surface area (Å²) >= 11 is 0. The van der Waals surface area contributed by atoms with Gasteiger partial charge in [-0.25, -0.2) is 9.07 Å². The summed E-state index contributed by atoms with van der Waals surface area (Å²) in [7, 11) is 0. The third-order valence-corrected chi connectivity index (χ3v) is 4.49. The van der Waals surface area contributed by atoms with E-state index in [1.54, 1.807) is 67.2 Å². The van der Waals surface area contributed by atoms with E-state index in [1.165, 1.54) is 16.9 Å². The molecule has 1 aromatic carbocycles. The van der Waals surface area contributed by atoms with Gasteiger partial charge in [-0.3, -0.25) is 20.4 Å². The number of hydrogen-bond donors (Lipinski definition) is 2. The second-order valence-electron chi connectivity index (χ2n) is 6.57. The minimum absolute atomic E-state index is 0.148. The van der Waals surface area contributed by atoms with Crippen molar-refractivity contribution in [1.29, 1.82) is 0 Å². The molecule has 30 heavy (non-hydrogen) atoms. The first-order valence-corrected chi connectivity index (χ1v) is 9.09. The first-order valence-electron chi connectivity index (χ1n) is 9.09. The number of carbonyl (C=O) groups is 2. The number of halogens is 1. The molecular formula is C21H18FN5O3. The van der Waals surface area contributed by atoms with Gasteiger partial charge in [-0.2, -0.15) is 5.10 Å². The summed E-state index contributed by atoms with van der Waals surface area (Å²) in [4.78, 5) is 25.1. The molecule has 0 fully saturated rings. The van der Waals surface area contributed by atoms with Gasteiger partial charge in [0.15, 0.2) is 5.82 Å². The maximum absolute atomic E-state index is 14.4. The second kappa shape index (κ2) is 7.70. The number of rotatable bonds is 4. The Morgan fingerprint density at radius 3 is 2.30 bits per heavy atom. The Morgan fingerprint density at radius 2 is 1.67 bits per heavy atom. The summed E-state index contributed by atoms with van der Waals surface area (Å²) in [6.45, 7) is 3.38. The first-order chi connectivity index (χ1) is 14.5. The van der Waals surface area contributed by atoms with Gasteiger partial charge in [0.25, 0.3) is 11.8 Å². The fraction of sp³-hybridized carbons (Fsp3) is 0.0952. The van der Waals surface area contributed by atoms with Crippen molar-refractivity contribution in [3.05, 3.63) is 89.5 Å². The number of amides is 2. The maximum atomic E-state index is 14.4. The summed E-state index contributed by atoms with van der Waals surface area (Å²) in [6.07, 6.45) is 4.74. The van der Waals surface area contributed by atoms with E-state index in [2.05, 4.69) is 16.0 Å². The summed E-state index contributed by atoms with van der Waals surface area (Å²) in [6, 6.07) is 11.2. The lowest BCUT2D eigenvalue weighted by Crippen LogP contribution is -2.42. The molecule has 0 saturated carbocycles. The Balaban J connectivity index is 1.64. The smallest absolute Gasteiger partial charge is 0.275 e. The normalized spacial score (nSPS) is 10.8. The molecule has 0 radical (unpaired) electrons. The summed E-state index contributed by atoms with van der Waals surface area (Å²) in [5.74, 6) is -0.244. The van der Waals surface area contributed by atoms with Crippen LogP contribution in [0.3, 0.4) is 0 Å². The van der Waals surface area contributed by atoms with Crippen LogP contribution in [0.2, 0.25) is 0 Å². The molecule has 0 spiro atoms. The van der Waals surface area contributed by atoms with Gasteiger partial charge in [-0.1, -0.05) is 12.1 Å². The average molecular weight is 407 g/mol. The van der Waals surface area contributed by atoms with Gasteiger partial charge < -0.3 is 8.98 Å². The van der Waals surface area contributed by atoms with Crippen LogP contribution in [0.1, 0.15) is 32.2 Å². The average Bonchev–Trinajstić information content (AvgIpc) is 3.45. The third-order valence-electron chi connectivity index (χ3n) is 4.49. The Hall–Kier alpha value is -4.14. The molecule has 0 aliphatic heterocycles. The van der Waals surface area contributed by atoms with E-state index in [9.17, 15) is 14.0 Å². The number of hydrazine groups is 1. The quantitative estimate of drug-likeness (QED) is 0.509. The van der Waals surface area contributed by atoms with E-state index in [1.807, 2.05) is 0 Å². The largest absolute Gasteiger partial charge is 0.466 e. The van der Waals surface area contributed by atoms with E-state index in [0.717, 1.165) is 0 Å². The first kappa shape index (κ1) is 19.2. The van der Waals surface area contributed by atoms with Crippen LogP contribution in [0, 0.1) is 19.7 Å². The van der Waals surface area contributed by atoms with Crippen molar-refractivity contribution in [3.63, 3.8) is 0 Å². The van der Waals surface area contributed by atoms with Crippen molar-refractivity contribution in [2.24, 2.45) is 0 Å². The summed E-state index contributed by atoms with van der Waals surface area (Å²) in [5.41, 5.74) is 5.40. The SMILES string of the molecule is Cc1cc(C(=O)NNC(=O)c2cnn(-c3ccccc3F)c2-n2cccc2)c(C)o1. The molecule has 2 amide bonds. The van der Waals surface area contributed by atoms with E-state index in [4.69, 9.17) is 4.42 Å². The Morgan fingerprint density at radius 1 is 1.00 bits per heavy atom. The van der Waals surface area contributed by atoms with Gasteiger partial charge in [0.05, 0.1) is 11.8 Å². The predicted molar refractivity (Wildman–Crippen MR) is 106 cm³/mol. The zero-order valence-corrected chi connectivity index (χ0v) is 16.2. The maximum Gasteiger partial charge on any atom is 0.275 e. The molecule has 0 bridgehead atoms. The van der Waals surface area contributed by atoms with Crippen molar-refractivity contribution < 1.29 is 18.4 Å². The number of para-hydroxylation sites is 1. The molecule has 4 rings (SSSR count). The molecule has 0 aliphatic rings. The molecule has 0 saturated heterocycles. The number of nitrogens with zero attached hydrogens (tertiary/aromatic N) is 3. The number of nitrogens with one attached hydrogen (secondary N) is 2.